The third kappa shape index (κ3) is 2.72. The number of aromatic nitrogens is 3. The van der Waals surface area contributed by atoms with Crippen LogP contribution in [0.25, 0.3) is 0 Å². The van der Waals surface area contributed by atoms with Crippen LogP contribution in [0.5, 0.6) is 0 Å². The first-order valence-corrected chi connectivity index (χ1v) is 5.41. The van der Waals surface area contributed by atoms with E-state index in [0.29, 0.717) is 36.2 Å². The Morgan fingerprint density at radius 1 is 1.41 bits per heavy atom. The molecule has 2 heterocycles. The van der Waals surface area contributed by atoms with Crippen molar-refractivity contribution in [2.75, 3.05) is 17.6 Å². The molecule has 0 amide bonds. The van der Waals surface area contributed by atoms with Gasteiger partial charge in [-0.3, -0.25) is 0 Å². The molecule has 3 N–H and O–H groups in total. The van der Waals surface area contributed by atoms with Crippen molar-refractivity contribution in [3.8, 4) is 0 Å². The zero-order valence-corrected chi connectivity index (χ0v) is 9.90. The quantitative estimate of drug-likeness (QED) is 0.827. The van der Waals surface area contributed by atoms with Gasteiger partial charge in [0.25, 0.3) is 0 Å². The monoisotopic (exact) mass is 233 g/mol. The molecular formula is C11H15N5O. The van der Waals surface area contributed by atoms with Crippen LogP contribution in [0.4, 0.5) is 11.5 Å². The highest BCUT2D eigenvalue weighted by Crippen LogP contribution is 2.18. The molecule has 0 aliphatic carbocycles. The average molecular weight is 233 g/mol. The number of pyridine rings is 1. The molecule has 6 heteroatoms. The van der Waals surface area contributed by atoms with Crippen LogP contribution in [0.2, 0.25) is 0 Å². The second-order valence-corrected chi connectivity index (χ2v) is 3.80. The van der Waals surface area contributed by atoms with Crippen LogP contribution in [0, 0.1) is 13.8 Å². The highest BCUT2D eigenvalue weighted by Gasteiger charge is 2.04. The van der Waals surface area contributed by atoms with E-state index in [9.17, 15) is 0 Å². The van der Waals surface area contributed by atoms with Crippen LogP contribution in [0.15, 0.2) is 16.8 Å². The highest BCUT2D eigenvalue weighted by molar-refractivity contribution is 5.64. The van der Waals surface area contributed by atoms with E-state index in [-0.39, 0.29) is 0 Å². The zero-order chi connectivity index (χ0) is 12.3. The maximum absolute atomic E-state index is 5.89. The number of nitrogens with zero attached hydrogens (tertiary/aromatic N) is 3. The summed E-state index contributed by atoms with van der Waals surface area (Å²) in [6.45, 7) is 4.38. The van der Waals surface area contributed by atoms with Crippen LogP contribution in [0.3, 0.4) is 0 Å². The molecule has 6 nitrogen and oxygen atoms in total. The van der Waals surface area contributed by atoms with E-state index in [1.807, 2.05) is 13.0 Å². The predicted octanol–water partition coefficient (Wildman–Crippen LogP) is 1.32. The van der Waals surface area contributed by atoms with E-state index >= 15 is 0 Å². The Labute approximate surface area is 99.2 Å². The van der Waals surface area contributed by atoms with E-state index in [1.165, 1.54) is 0 Å². The first-order valence-electron chi connectivity index (χ1n) is 5.41. The van der Waals surface area contributed by atoms with E-state index in [4.69, 9.17) is 10.3 Å². The summed E-state index contributed by atoms with van der Waals surface area (Å²) in [5, 5.41) is 6.96. The number of anilines is 2. The lowest BCUT2D eigenvalue weighted by molar-refractivity contribution is 0.387. The molecule has 0 saturated carbocycles. The van der Waals surface area contributed by atoms with Crippen LogP contribution < -0.4 is 11.1 Å². The molecule has 0 bridgehead atoms. The van der Waals surface area contributed by atoms with E-state index in [0.717, 1.165) is 5.56 Å². The Hall–Kier alpha value is -2.11. The minimum absolute atomic E-state index is 0.577. The molecule has 17 heavy (non-hydrogen) atoms. The van der Waals surface area contributed by atoms with Crippen molar-refractivity contribution >= 4 is 11.5 Å². The number of rotatable bonds is 4. The fraction of sp³-hybridized carbons (Fsp3) is 0.364. The van der Waals surface area contributed by atoms with Crippen molar-refractivity contribution in [1.29, 1.82) is 0 Å². The van der Waals surface area contributed by atoms with Gasteiger partial charge in [0.15, 0.2) is 5.82 Å². The number of nitrogen functional groups attached to an aromatic ring is 1. The molecule has 90 valence electrons. The first-order chi connectivity index (χ1) is 8.16. The Bertz CT molecular complexity index is 508. The predicted molar refractivity (Wildman–Crippen MR) is 64.6 cm³/mol. The molecule has 0 fully saturated rings. The second kappa shape index (κ2) is 4.82. The molecule has 0 saturated heterocycles. The Balaban J connectivity index is 1.92. The maximum Gasteiger partial charge on any atom is 0.223 e. The van der Waals surface area contributed by atoms with Gasteiger partial charge < -0.3 is 15.6 Å². The van der Waals surface area contributed by atoms with Crippen molar-refractivity contribution < 1.29 is 4.52 Å². The molecule has 0 aliphatic rings. The van der Waals surface area contributed by atoms with Gasteiger partial charge in [-0.15, -0.1) is 0 Å². The van der Waals surface area contributed by atoms with Crippen molar-refractivity contribution in [2.24, 2.45) is 0 Å². The molecule has 0 aliphatic heterocycles. The summed E-state index contributed by atoms with van der Waals surface area (Å²) in [4.78, 5) is 8.29. The molecule has 0 atom stereocenters. The lowest BCUT2D eigenvalue weighted by Gasteiger charge is -2.08. The third-order valence-electron chi connectivity index (χ3n) is 2.42. The number of hydrogen-bond acceptors (Lipinski definition) is 6. The molecule has 0 spiro atoms. The summed E-state index contributed by atoms with van der Waals surface area (Å²) in [6.07, 6.45) is 2.40. The van der Waals surface area contributed by atoms with Crippen molar-refractivity contribution in [1.82, 2.24) is 15.1 Å². The van der Waals surface area contributed by atoms with Gasteiger partial charge in [-0.25, -0.2) is 4.98 Å². The van der Waals surface area contributed by atoms with Crippen LogP contribution in [0.1, 0.15) is 17.3 Å². The van der Waals surface area contributed by atoms with Gasteiger partial charge >= 0.3 is 0 Å². The van der Waals surface area contributed by atoms with Crippen LogP contribution >= 0.6 is 0 Å². The SMILES string of the molecule is Cc1nc(CCNc2nccc(C)c2N)no1. The Kier molecular flexibility index (Phi) is 3.22. The summed E-state index contributed by atoms with van der Waals surface area (Å²) in [6, 6.07) is 1.88. The van der Waals surface area contributed by atoms with Gasteiger partial charge in [0.2, 0.25) is 5.89 Å². The van der Waals surface area contributed by atoms with Gasteiger partial charge in [-0.05, 0) is 18.6 Å². The summed E-state index contributed by atoms with van der Waals surface area (Å²) < 4.78 is 4.88. The lowest BCUT2D eigenvalue weighted by atomic mass is 10.2. The smallest absolute Gasteiger partial charge is 0.223 e. The lowest BCUT2D eigenvalue weighted by Crippen LogP contribution is -2.09. The van der Waals surface area contributed by atoms with E-state index in [1.54, 1.807) is 13.1 Å². The molecular weight excluding hydrogens is 218 g/mol. The molecule has 2 rings (SSSR count). The maximum atomic E-state index is 5.89. The topological polar surface area (TPSA) is 89.9 Å². The average Bonchev–Trinajstić information content (AvgIpc) is 2.70. The van der Waals surface area contributed by atoms with Gasteiger partial charge in [-0.1, -0.05) is 5.16 Å². The summed E-state index contributed by atoms with van der Waals surface area (Å²) in [5.74, 6) is 1.96. The highest BCUT2D eigenvalue weighted by atomic mass is 16.5. The van der Waals surface area contributed by atoms with Crippen LogP contribution in [-0.2, 0) is 6.42 Å². The van der Waals surface area contributed by atoms with Crippen molar-refractivity contribution in [3.05, 3.63) is 29.5 Å². The Morgan fingerprint density at radius 3 is 2.94 bits per heavy atom. The number of nitrogens with two attached hydrogens (primary N) is 1. The fourth-order valence-corrected chi connectivity index (χ4v) is 1.45. The summed E-state index contributed by atoms with van der Waals surface area (Å²) in [7, 11) is 0. The molecule has 2 aromatic heterocycles. The van der Waals surface area contributed by atoms with E-state index < -0.39 is 0 Å². The number of aryl methyl sites for hydroxylation is 2. The first kappa shape index (κ1) is 11.4. The minimum atomic E-state index is 0.577. The third-order valence-corrected chi connectivity index (χ3v) is 2.42. The fourth-order valence-electron chi connectivity index (χ4n) is 1.45. The van der Waals surface area contributed by atoms with Crippen molar-refractivity contribution in [2.45, 2.75) is 20.3 Å². The largest absolute Gasteiger partial charge is 0.396 e. The number of hydrogen-bond donors (Lipinski definition) is 2. The molecule has 0 unspecified atom stereocenters. The number of nitrogens with one attached hydrogen (secondary N) is 1. The minimum Gasteiger partial charge on any atom is -0.396 e. The molecule has 0 radical (unpaired) electrons. The summed E-state index contributed by atoms with van der Waals surface area (Å²) in [5.41, 5.74) is 7.58. The Morgan fingerprint density at radius 2 is 2.24 bits per heavy atom. The van der Waals surface area contributed by atoms with Gasteiger partial charge in [-0.2, -0.15) is 4.98 Å². The van der Waals surface area contributed by atoms with Gasteiger partial charge in [0, 0.05) is 26.1 Å². The second-order valence-electron chi connectivity index (χ2n) is 3.80. The summed E-state index contributed by atoms with van der Waals surface area (Å²) >= 11 is 0. The zero-order valence-electron chi connectivity index (χ0n) is 9.90. The van der Waals surface area contributed by atoms with E-state index in [2.05, 4.69) is 20.4 Å². The van der Waals surface area contributed by atoms with Gasteiger partial charge in [0.1, 0.15) is 5.82 Å². The standard InChI is InChI=1S/C11H15N5O/c1-7-3-5-13-11(10(7)12)14-6-4-9-15-8(2)17-16-9/h3,5H,4,6,12H2,1-2H3,(H,13,14). The van der Waals surface area contributed by atoms with Crippen molar-refractivity contribution in [3.63, 3.8) is 0 Å². The molecule has 2 aromatic rings. The van der Waals surface area contributed by atoms with Crippen LogP contribution in [-0.4, -0.2) is 21.7 Å². The van der Waals surface area contributed by atoms with Gasteiger partial charge in [0.05, 0.1) is 5.69 Å². The molecule has 0 aromatic carbocycles. The normalized spacial score (nSPS) is 10.5.